The van der Waals surface area contributed by atoms with Gasteiger partial charge < -0.3 is 0 Å². The van der Waals surface area contributed by atoms with E-state index in [9.17, 15) is 0 Å². The van der Waals surface area contributed by atoms with Crippen molar-refractivity contribution in [3.63, 3.8) is 0 Å². The molecule has 3 saturated carbocycles. The third kappa shape index (κ3) is 1.44. The Hall–Kier alpha value is -0.260. The van der Waals surface area contributed by atoms with Crippen molar-refractivity contribution in [2.45, 2.75) is 79.1 Å². The largest absolute Gasteiger partial charge is 0.0816 e. The molecule has 3 fully saturated rings. The topological polar surface area (TPSA) is 0 Å². The number of allylic oxidation sites excluding steroid dienone is 2. The standard InChI is InChI=1S/C20H32/c1-14-12-16-6-7-17-18(2,3)9-5-10-19(17,4)20(16)11-8-15(14)13-20/h12,15-17H,5-11,13H2,1-4H3/t15-,16+,17+,19+,20-/m1/s1. The predicted octanol–water partition coefficient (Wildman–Crippen LogP) is 5.98. The summed E-state index contributed by atoms with van der Waals surface area (Å²) in [6.45, 7) is 10.3. The van der Waals surface area contributed by atoms with Crippen molar-refractivity contribution in [1.29, 1.82) is 0 Å². The minimum atomic E-state index is 0.584. The molecule has 0 heterocycles. The molecule has 4 aliphatic rings. The van der Waals surface area contributed by atoms with Crippen LogP contribution in [-0.4, -0.2) is 0 Å². The Morgan fingerprint density at radius 1 is 1.00 bits per heavy atom. The zero-order valence-electron chi connectivity index (χ0n) is 14.0. The van der Waals surface area contributed by atoms with Crippen LogP contribution in [0.25, 0.3) is 0 Å². The molecule has 4 aliphatic carbocycles. The highest BCUT2D eigenvalue weighted by Crippen LogP contribution is 2.73. The first-order chi connectivity index (χ1) is 9.39. The van der Waals surface area contributed by atoms with Gasteiger partial charge in [-0.05, 0) is 85.9 Å². The Morgan fingerprint density at radius 2 is 1.80 bits per heavy atom. The molecule has 5 atom stereocenters. The molecule has 0 aliphatic heterocycles. The lowest BCUT2D eigenvalue weighted by molar-refractivity contribution is -0.150. The smallest absolute Gasteiger partial charge is 0.0169 e. The van der Waals surface area contributed by atoms with Crippen molar-refractivity contribution in [3.8, 4) is 0 Å². The SMILES string of the molecule is CC1=C[C@@H]2CC[C@H]3C(C)(C)CCC[C@]3(C)[C@@]23CC[C@@H]1C3. The number of fused-ring (bicyclic) bond motifs is 2. The fraction of sp³-hybridized carbons (Fsp3) is 0.900. The van der Waals surface area contributed by atoms with Crippen LogP contribution in [0.1, 0.15) is 79.1 Å². The van der Waals surface area contributed by atoms with Gasteiger partial charge >= 0.3 is 0 Å². The van der Waals surface area contributed by atoms with Gasteiger partial charge in [-0.15, -0.1) is 0 Å². The van der Waals surface area contributed by atoms with Crippen molar-refractivity contribution < 1.29 is 0 Å². The van der Waals surface area contributed by atoms with E-state index in [-0.39, 0.29) is 0 Å². The second kappa shape index (κ2) is 3.93. The van der Waals surface area contributed by atoms with E-state index in [0.717, 1.165) is 17.8 Å². The first kappa shape index (κ1) is 13.4. The fourth-order valence-electron chi connectivity index (χ4n) is 7.49. The van der Waals surface area contributed by atoms with Gasteiger partial charge in [0.2, 0.25) is 0 Å². The van der Waals surface area contributed by atoms with Crippen molar-refractivity contribution in [3.05, 3.63) is 11.6 Å². The molecular weight excluding hydrogens is 240 g/mol. The first-order valence-corrected chi connectivity index (χ1v) is 9.07. The Balaban J connectivity index is 1.81. The van der Waals surface area contributed by atoms with Gasteiger partial charge in [-0.1, -0.05) is 38.8 Å². The summed E-state index contributed by atoms with van der Waals surface area (Å²) in [5.74, 6) is 2.83. The van der Waals surface area contributed by atoms with E-state index in [1.54, 1.807) is 5.57 Å². The quantitative estimate of drug-likeness (QED) is 0.476. The van der Waals surface area contributed by atoms with E-state index in [1.807, 2.05) is 0 Å². The van der Waals surface area contributed by atoms with Crippen molar-refractivity contribution in [2.75, 3.05) is 0 Å². The molecular formula is C20H32. The molecule has 112 valence electrons. The normalized spacial score (nSPS) is 53.0. The lowest BCUT2D eigenvalue weighted by atomic mass is 9.39. The molecule has 0 nitrogen and oxygen atoms in total. The van der Waals surface area contributed by atoms with Crippen LogP contribution in [0.3, 0.4) is 0 Å². The highest BCUT2D eigenvalue weighted by molar-refractivity contribution is 5.25. The van der Waals surface area contributed by atoms with E-state index in [2.05, 4.69) is 33.8 Å². The third-order valence-corrected chi connectivity index (χ3v) is 8.50. The lowest BCUT2D eigenvalue weighted by Crippen LogP contribution is -2.57. The Bertz CT molecular complexity index is 457. The molecule has 0 heteroatoms. The Kier molecular flexibility index (Phi) is 2.63. The number of hydrogen-bond acceptors (Lipinski definition) is 0. The molecule has 0 aromatic rings. The zero-order chi connectivity index (χ0) is 14.2. The molecule has 4 rings (SSSR count). The monoisotopic (exact) mass is 272 g/mol. The summed E-state index contributed by atoms with van der Waals surface area (Å²) in [6, 6.07) is 0. The van der Waals surface area contributed by atoms with Crippen LogP contribution in [0.15, 0.2) is 11.6 Å². The maximum absolute atomic E-state index is 2.73. The van der Waals surface area contributed by atoms with E-state index in [0.29, 0.717) is 16.2 Å². The summed E-state index contributed by atoms with van der Waals surface area (Å²) < 4.78 is 0. The maximum Gasteiger partial charge on any atom is -0.0169 e. The van der Waals surface area contributed by atoms with Gasteiger partial charge in [-0.25, -0.2) is 0 Å². The second-order valence-electron chi connectivity index (χ2n) is 9.50. The summed E-state index contributed by atoms with van der Waals surface area (Å²) in [5, 5.41) is 0. The average Bonchev–Trinajstić information content (AvgIpc) is 2.75. The second-order valence-corrected chi connectivity index (χ2v) is 9.50. The molecule has 0 N–H and O–H groups in total. The van der Waals surface area contributed by atoms with Gasteiger partial charge in [-0.3, -0.25) is 0 Å². The summed E-state index contributed by atoms with van der Waals surface area (Å²) in [5.41, 5.74) is 3.63. The van der Waals surface area contributed by atoms with Crippen molar-refractivity contribution in [2.24, 2.45) is 34.0 Å². The van der Waals surface area contributed by atoms with Gasteiger partial charge in [0.1, 0.15) is 0 Å². The molecule has 1 spiro atoms. The van der Waals surface area contributed by atoms with Crippen LogP contribution in [0.5, 0.6) is 0 Å². The highest BCUT2D eigenvalue weighted by atomic mass is 14.7. The van der Waals surface area contributed by atoms with Gasteiger partial charge in [0.25, 0.3) is 0 Å². The van der Waals surface area contributed by atoms with Gasteiger partial charge in [-0.2, -0.15) is 0 Å². The van der Waals surface area contributed by atoms with Crippen LogP contribution in [0, 0.1) is 34.0 Å². The van der Waals surface area contributed by atoms with Gasteiger partial charge in [0.05, 0.1) is 0 Å². The molecule has 0 radical (unpaired) electrons. The zero-order valence-corrected chi connectivity index (χ0v) is 14.0. The average molecular weight is 272 g/mol. The molecule has 2 bridgehead atoms. The minimum Gasteiger partial charge on any atom is -0.0816 e. The Morgan fingerprint density at radius 3 is 2.60 bits per heavy atom. The Labute approximate surface area is 125 Å². The lowest BCUT2D eigenvalue weighted by Gasteiger charge is -2.65. The van der Waals surface area contributed by atoms with Crippen molar-refractivity contribution in [1.82, 2.24) is 0 Å². The van der Waals surface area contributed by atoms with Crippen molar-refractivity contribution >= 4 is 0 Å². The summed E-state index contributed by atoms with van der Waals surface area (Å²) in [4.78, 5) is 0. The van der Waals surface area contributed by atoms with E-state index in [1.165, 1.54) is 51.4 Å². The predicted molar refractivity (Wildman–Crippen MR) is 85.5 cm³/mol. The van der Waals surface area contributed by atoms with E-state index in [4.69, 9.17) is 0 Å². The van der Waals surface area contributed by atoms with E-state index >= 15 is 0 Å². The van der Waals surface area contributed by atoms with Gasteiger partial charge in [0, 0.05) is 0 Å². The van der Waals surface area contributed by atoms with Crippen LogP contribution < -0.4 is 0 Å². The highest BCUT2D eigenvalue weighted by Gasteiger charge is 2.64. The van der Waals surface area contributed by atoms with Crippen LogP contribution >= 0.6 is 0 Å². The fourth-order valence-corrected chi connectivity index (χ4v) is 7.49. The molecule has 0 aromatic heterocycles. The number of rotatable bonds is 0. The molecule has 20 heavy (non-hydrogen) atoms. The van der Waals surface area contributed by atoms with E-state index < -0.39 is 0 Å². The minimum absolute atomic E-state index is 0.584. The molecule has 0 saturated heterocycles. The summed E-state index contributed by atoms with van der Waals surface area (Å²) >= 11 is 0. The molecule has 0 amide bonds. The molecule has 0 unspecified atom stereocenters. The summed E-state index contributed by atoms with van der Waals surface area (Å²) in [6.07, 6.45) is 14.7. The third-order valence-electron chi connectivity index (χ3n) is 8.50. The maximum atomic E-state index is 2.73. The first-order valence-electron chi connectivity index (χ1n) is 9.07. The van der Waals surface area contributed by atoms with Gasteiger partial charge in [0.15, 0.2) is 0 Å². The number of hydrogen-bond donors (Lipinski definition) is 0. The molecule has 0 aromatic carbocycles. The summed E-state index contributed by atoms with van der Waals surface area (Å²) in [7, 11) is 0. The van der Waals surface area contributed by atoms with Crippen LogP contribution in [0.4, 0.5) is 0 Å². The van der Waals surface area contributed by atoms with Crippen LogP contribution in [-0.2, 0) is 0 Å². The van der Waals surface area contributed by atoms with Crippen LogP contribution in [0.2, 0.25) is 0 Å².